The number of benzene rings is 1. The maximum absolute atomic E-state index is 13.3. The van der Waals surface area contributed by atoms with Crippen molar-refractivity contribution in [1.82, 2.24) is 20.0 Å². The molecule has 2 heterocycles. The third kappa shape index (κ3) is 5.39. The van der Waals surface area contributed by atoms with E-state index in [1.807, 2.05) is 24.4 Å². The van der Waals surface area contributed by atoms with E-state index in [1.54, 1.807) is 10.9 Å². The summed E-state index contributed by atoms with van der Waals surface area (Å²) in [4.78, 5) is 14.7. The molecule has 26 heavy (non-hydrogen) atoms. The van der Waals surface area contributed by atoms with Crippen LogP contribution in [0.2, 0.25) is 0 Å². The molecule has 1 saturated heterocycles. The zero-order valence-electron chi connectivity index (χ0n) is 15.1. The molecule has 1 aromatic carbocycles. The molecule has 1 fully saturated rings. The Labute approximate surface area is 154 Å². The summed E-state index contributed by atoms with van der Waals surface area (Å²) in [5.74, 6) is -0.214. The Morgan fingerprint density at radius 3 is 2.54 bits per heavy atom. The molecule has 3 rings (SSSR count). The van der Waals surface area contributed by atoms with E-state index in [0.717, 1.165) is 18.7 Å². The average Bonchev–Trinajstić information content (AvgIpc) is 3.03. The molecule has 1 amide bonds. The summed E-state index contributed by atoms with van der Waals surface area (Å²) in [6.07, 6.45) is 8.81. The maximum atomic E-state index is 13.3. The predicted octanol–water partition coefficient (Wildman–Crippen LogP) is 3.15. The number of amides is 1. The molecule has 0 radical (unpaired) electrons. The summed E-state index contributed by atoms with van der Waals surface area (Å²) in [5, 5.41) is 7.18. The van der Waals surface area contributed by atoms with Crippen LogP contribution >= 0.6 is 0 Å². The third-order valence-corrected chi connectivity index (χ3v) is 4.96. The van der Waals surface area contributed by atoms with Gasteiger partial charge >= 0.3 is 0 Å². The van der Waals surface area contributed by atoms with E-state index in [1.165, 1.54) is 37.8 Å². The van der Waals surface area contributed by atoms with Crippen LogP contribution in [0.1, 0.15) is 43.7 Å². The van der Waals surface area contributed by atoms with E-state index in [0.29, 0.717) is 19.5 Å². The summed E-state index contributed by atoms with van der Waals surface area (Å²) in [7, 11) is 0. The first-order chi connectivity index (χ1) is 12.7. The highest BCUT2D eigenvalue weighted by Gasteiger charge is 2.22. The molecule has 0 saturated carbocycles. The van der Waals surface area contributed by atoms with Gasteiger partial charge in [-0.05, 0) is 49.7 Å². The lowest BCUT2D eigenvalue weighted by Crippen LogP contribution is -2.38. The first-order valence-electron chi connectivity index (χ1n) is 9.46. The fourth-order valence-corrected chi connectivity index (χ4v) is 3.50. The van der Waals surface area contributed by atoms with Gasteiger partial charge in [0.15, 0.2) is 0 Å². The van der Waals surface area contributed by atoms with Crippen LogP contribution in [0.3, 0.4) is 0 Å². The Kier molecular flexibility index (Phi) is 6.77. The van der Waals surface area contributed by atoms with Gasteiger partial charge in [-0.25, -0.2) is 4.39 Å². The van der Waals surface area contributed by atoms with Crippen molar-refractivity contribution in [3.05, 3.63) is 54.1 Å². The molecule has 1 atom stereocenters. The average molecular weight is 358 g/mol. The van der Waals surface area contributed by atoms with Crippen LogP contribution in [-0.2, 0) is 11.3 Å². The van der Waals surface area contributed by atoms with Gasteiger partial charge < -0.3 is 5.32 Å². The molecule has 0 aliphatic carbocycles. The predicted molar refractivity (Wildman–Crippen MR) is 99.0 cm³/mol. The number of nitrogens with zero attached hydrogens (tertiary/aromatic N) is 3. The Hall–Kier alpha value is -2.21. The van der Waals surface area contributed by atoms with Crippen molar-refractivity contribution >= 4 is 5.91 Å². The maximum Gasteiger partial charge on any atom is 0.221 e. The second-order valence-corrected chi connectivity index (χ2v) is 6.84. The lowest BCUT2D eigenvalue weighted by Gasteiger charge is -2.31. The largest absolute Gasteiger partial charge is 0.354 e. The zero-order valence-corrected chi connectivity index (χ0v) is 15.1. The third-order valence-electron chi connectivity index (χ3n) is 4.96. The van der Waals surface area contributed by atoms with E-state index >= 15 is 0 Å². The van der Waals surface area contributed by atoms with Crippen LogP contribution in [0, 0.1) is 5.82 Å². The van der Waals surface area contributed by atoms with Crippen LogP contribution in [0.4, 0.5) is 4.39 Å². The summed E-state index contributed by atoms with van der Waals surface area (Å²) < 4.78 is 15.1. The van der Waals surface area contributed by atoms with Gasteiger partial charge in [0.25, 0.3) is 0 Å². The van der Waals surface area contributed by atoms with Gasteiger partial charge in [0.2, 0.25) is 5.91 Å². The van der Waals surface area contributed by atoms with Crippen LogP contribution in [-0.4, -0.2) is 40.2 Å². The molecular formula is C20H27FN4O. The highest BCUT2D eigenvalue weighted by molar-refractivity contribution is 5.75. The second kappa shape index (κ2) is 9.48. The first kappa shape index (κ1) is 18.6. The number of rotatable bonds is 7. The van der Waals surface area contributed by atoms with Gasteiger partial charge in [0.05, 0.1) is 6.04 Å². The Morgan fingerprint density at radius 2 is 1.88 bits per heavy atom. The highest BCUT2D eigenvalue weighted by atomic mass is 19.1. The highest BCUT2D eigenvalue weighted by Crippen LogP contribution is 2.24. The van der Waals surface area contributed by atoms with Gasteiger partial charge in [-0.15, -0.1) is 0 Å². The number of halogens is 1. The minimum Gasteiger partial charge on any atom is -0.354 e. The SMILES string of the molecule is O=C(CCn1cccn1)NCC(c1ccc(F)cc1)N1CCCCCC1. The van der Waals surface area contributed by atoms with E-state index in [9.17, 15) is 9.18 Å². The molecule has 2 aromatic rings. The normalized spacial score (nSPS) is 16.8. The fourth-order valence-electron chi connectivity index (χ4n) is 3.50. The number of hydrogen-bond donors (Lipinski definition) is 1. The molecule has 6 heteroatoms. The second-order valence-electron chi connectivity index (χ2n) is 6.84. The van der Waals surface area contributed by atoms with Crippen molar-refractivity contribution < 1.29 is 9.18 Å². The number of likely N-dealkylation sites (tertiary alicyclic amines) is 1. The van der Waals surface area contributed by atoms with Crippen LogP contribution < -0.4 is 5.32 Å². The summed E-state index contributed by atoms with van der Waals surface area (Å²) in [5.41, 5.74) is 1.06. The molecule has 5 nitrogen and oxygen atoms in total. The van der Waals surface area contributed by atoms with Crippen molar-refractivity contribution in [1.29, 1.82) is 0 Å². The number of carbonyl (C=O) groups excluding carboxylic acids is 1. The summed E-state index contributed by atoms with van der Waals surface area (Å²) in [6.45, 7) is 3.16. The van der Waals surface area contributed by atoms with Crippen molar-refractivity contribution in [2.75, 3.05) is 19.6 Å². The summed E-state index contributed by atoms with van der Waals surface area (Å²) in [6, 6.07) is 8.60. The molecule has 0 bridgehead atoms. The monoisotopic (exact) mass is 358 g/mol. The number of nitrogens with one attached hydrogen (secondary N) is 1. The van der Waals surface area contributed by atoms with Crippen LogP contribution in [0.15, 0.2) is 42.7 Å². The van der Waals surface area contributed by atoms with Crippen molar-refractivity contribution in [3.8, 4) is 0 Å². The van der Waals surface area contributed by atoms with Crippen molar-refractivity contribution in [3.63, 3.8) is 0 Å². The Bertz CT molecular complexity index is 664. The van der Waals surface area contributed by atoms with Gasteiger partial charge in [-0.1, -0.05) is 25.0 Å². The van der Waals surface area contributed by atoms with Gasteiger partial charge in [0, 0.05) is 31.9 Å². The van der Waals surface area contributed by atoms with Crippen LogP contribution in [0.25, 0.3) is 0 Å². The van der Waals surface area contributed by atoms with E-state index in [4.69, 9.17) is 0 Å². The fraction of sp³-hybridized carbons (Fsp3) is 0.500. The van der Waals surface area contributed by atoms with E-state index in [-0.39, 0.29) is 17.8 Å². The molecule has 1 aliphatic heterocycles. The van der Waals surface area contributed by atoms with Crippen LogP contribution in [0.5, 0.6) is 0 Å². The molecule has 1 aromatic heterocycles. The standard InChI is InChI=1S/C20H27FN4O/c21-18-8-6-17(7-9-18)19(24-12-3-1-2-4-13-24)16-22-20(26)10-15-25-14-5-11-23-25/h5-9,11,14,19H,1-4,10,12-13,15-16H2,(H,22,26). The molecule has 0 spiro atoms. The van der Waals surface area contributed by atoms with Crippen molar-refractivity contribution in [2.24, 2.45) is 0 Å². The molecule has 1 unspecified atom stereocenters. The molecule has 140 valence electrons. The minimum absolute atomic E-state index is 0.0161. The molecular weight excluding hydrogens is 331 g/mol. The first-order valence-corrected chi connectivity index (χ1v) is 9.46. The van der Waals surface area contributed by atoms with E-state index in [2.05, 4.69) is 15.3 Å². The van der Waals surface area contributed by atoms with E-state index < -0.39 is 0 Å². The lowest BCUT2D eigenvalue weighted by molar-refractivity contribution is -0.121. The smallest absolute Gasteiger partial charge is 0.221 e. The molecule has 1 N–H and O–H groups in total. The summed E-state index contributed by atoms with van der Waals surface area (Å²) >= 11 is 0. The number of carbonyl (C=O) groups is 1. The Morgan fingerprint density at radius 1 is 1.15 bits per heavy atom. The Balaban J connectivity index is 1.60. The van der Waals surface area contributed by atoms with Gasteiger partial charge in [-0.3, -0.25) is 14.4 Å². The number of hydrogen-bond acceptors (Lipinski definition) is 3. The number of aryl methyl sites for hydroxylation is 1. The van der Waals surface area contributed by atoms with Gasteiger partial charge in [0.1, 0.15) is 5.82 Å². The molecule has 1 aliphatic rings. The topological polar surface area (TPSA) is 50.2 Å². The van der Waals surface area contributed by atoms with Gasteiger partial charge in [-0.2, -0.15) is 5.10 Å². The quantitative estimate of drug-likeness (QED) is 0.827. The number of aromatic nitrogens is 2. The van der Waals surface area contributed by atoms with Crippen molar-refractivity contribution in [2.45, 2.75) is 44.7 Å². The lowest BCUT2D eigenvalue weighted by atomic mass is 10.0. The zero-order chi connectivity index (χ0) is 18.2. The minimum atomic E-state index is -0.230.